The molecule has 4 aliphatic carbocycles. The Morgan fingerprint density at radius 1 is 0.923 bits per heavy atom. The van der Waals surface area contributed by atoms with Gasteiger partial charge in [-0.2, -0.15) is 0 Å². The zero-order valence-corrected chi connectivity index (χ0v) is 16.7. The van der Waals surface area contributed by atoms with Crippen molar-refractivity contribution >= 4 is 0 Å². The average molecular weight is 360 g/mol. The van der Waals surface area contributed by atoms with Gasteiger partial charge in [0.05, 0.1) is 18.3 Å². The predicted molar refractivity (Wildman–Crippen MR) is 102 cm³/mol. The normalized spacial score (nSPS) is 61.5. The molecule has 6 rings (SSSR count). The SMILES string of the molecule is C[C@]12CC3OC3C[C@@H]1CC[C@@H]1[C@@H]2CC[C@]2(C)C(O)C(N3CCCC3)C[C@@H]12. The topological polar surface area (TPSA) is 36.0 Å². The van der Waals surface area contributed by atoms with E-state index in [1.165, 1.54) is 70.9 Å². The molecular weight excluding hydrogens is 322 g/mol. The lowest BCUT2D eigenvalue weighted by Gasteiger charge is -2.59. The molecule has 0 amide bonds. The van der Waals surface area contributed by atoms with Gasteiger partial charge in [-0.25, -0.2) is 0 Å². The predicted octanol–water partition coefficient (Wildman–Crippen LogP) is 3.84. The molecule has 6 fully saturated rings. The summed E-state index contributed by atoms with van der Waals surface area (Å²) >= 11 is 0. The van der Waals surface area contributed by atoms with Crippen LogP contribution in [-0.2, 0) is 4.74 Å². The second-order valence-electron chi connectivity index (χ2n) is 11.3. The van der Waals surface area contributed by atoms with Gasteiger partial charge >= 0.3 is 0 Å². The Morgan fingerprint density at radius 2 is 1.73 bits per heavy atom. The molecule has 0 spiro atoms. The van der Waals surface area contributed by atoms with Crippen LogP contribution in [0.1, 0.15) is 71.6 Å². The van der Waals surface area contributed by atoms with Gasteiger partial charge in [0.25, 0.3) is 0 Å². The van der Waals surface area contributed by atoms with Crippen molar-refractivity contribution in [2.24, 2.45) is 34.5 Å². The maximum atomic E-state index is 11.4. The Hall–Kier alpha value is -0.120. The number of rotatable bonds is 1. The van der Waals surface area contributed by atoms with Gasteiger partial charge in [0.2, 0.25) is 0 Å². The highest BCUT2D eigenvalue weighted by molar-refractivity contribution is 5.15. The van der Waals surface area contributed by atoms with Gasteiger partial charge in [0, 0.05) is 6.04 Å². The lowest BCUT2D eigenvalue weighted by Crippen LogP contribution is -2.54. The molecular formula is C23H37NO2. The first-order valence-corrected chi connectivity index (χ1v) is 11.6. The van der Waals surface area contributed by atoms with Crippen LogP contribution in [0.3, 0.4) is 0 Å². The average Bonchev–Trinajstić information content (AvgIpc) is 3.02. The van der Waals surface area contributed by atoms with Crippen LogP contribution in [0.5, 0.6) is 0 Å². The second-order valence-corrected chi connectivity index (χ2v) is 11.3. The van der Waals surface area contributed by atoms with E-state index >= 15 is 0 Å². The first-order chi connectivity index (χ1) is 12.5. The molecule has 0 aromatic heterocycles. The first-order valence-electron chi connectivity index (χ1n) is 11.6. The zero-order chi connectivity index (χ0) is 17.7. The molecule has 0 aromatic carbocycles. The van der Waals surface area contributed by atoms with Gasteiger partial charge in [0.15, 0.2) is 0 Å². The number of ether oxygens (including phenoxy) is 1. The van der Waals surface area contributed by atoms with E-state index in [0.717, 1.165) is 23.7 Å². The molecule has 10 atom stereocenters. The highest BCUT2D eigenvalue weighted by Crippen LogP contribution is 2.68. The molecule has 26 heavy (non-hydrogen) atoms. The molecule has 1 N–H and O–H groups in total. The maximum absolute atomic E-state index is 11.4. The van der Waals surface area contributed by atoms with Crippen LogP contribution < -0.4 is 0 Å². The van der Waals surface area contributed by atoms with Crippen molar-refractivity contribution in [2.75, 3.05) is 13.1 Å². The fraction of sp³-hybridized carbons (Fsp3) is 1.00. The van der Waals surface area contributed by atoms with E-state index in [-0.39, 0.29) is 11.5 Å². The van der Waals surface area contributed by atoms with Crippen LogP contribution in [0.4, 0.5) is 0 Å². The van der Waals surface area contributed by atoms with Crippen LogP contribution in [0.2, 0.25) is 0 Å². The van der Waals surface area contributed by atoms with Crippen molar-refractivity contribution in [2.45, 2.75) is 96.0 Å². The first kappa shape index (κ1) is 16.8. The Bertz CT molecular complexity index is 589. The molecule has 2 saturated heterocycles. The highest BCUT2D eigenvalue weighted by atomic mass is 16.6. The molecule has 3 nitrogen and oxygen atoms in total. The summed E-state index contributed by atoms with van der Waals surface area (Å²) in [6.07, 6.45) is 13.1. The van der Waals surface area contributed by atoms with Gasteiger partial charge in [-0.05, 0) is 105 Å². The molecule has 0 radical (unpaired) electrons. The summed E-state index contributed by atoms with van der Waals surface area (Å²) in [5.41, 5.74) is 0.684. The standard InChI is InChI=1S/C23H37NO2/c1-22-8-7-16-15(6-5-14-11-19-20(26-19)13-23(14,16)2)17(22)12-18(21(22)25)24-9-3-4-10-24/h14-21,25H,3-13H2,1-2H3/t14-,15+,16-,17-,18?,19?,20?,21?,22-,23-/m0/s1. The van der Waals surface area contributed by atoms with E-state index in [4.69, 9.17) is 4.74 Å². The van der Waals surface area contributed by atoms with E-state index in [1.54, 1.807) is 0 Å². The molecule has 4 saturated carbocycles. The number of aliphatic hydroxyl groups excluding tert-OH is 1. The lowest BCUT2D eigenvalue weighted by molar-refractivity contribution is -0.119. The van der Waals surface area contributed by atoms with E-state index in [1.807, 2.05) is 0 Å². The third-order valence-electron chi connectivity index (χ3n) is 10.5. The van der Waals surface area contributed by atoms with Crippen LogP contribution >= 0.6 is 0 Å². The van der Waals surface area contributed by atoms with Crippen LogP contribution in [0, 0.1) is 34.5 Å². The van der Waals surface area contributed by atoms with Crippen LogP contribution in [0.15, 0.2) is 0 Å². The second kappa shape index (κ2) is 5.48. The molecule has 2 heterocycles. The van der Waals surface area contributed by atoms with Gasteiger partial charge < -0.3 is 9.84 Å². The van der Waals surface area contributed by atoms with Gasteiger partial charge in [0.1, 0.15) is 0 Å². The fourth-order valence-electron chi connectivity index (χ4n) is 8.93. The molecule has 6 aliphatic rings. The minimum Gasteiger partial charge on any atom is -0.391 e. The Kier molecular flexibility index (Phi) is 3.54. The van der Waals surface area contributed by atoms with Gasteiger partial charge in [-0.1, -0.05) is 13.8 Å². The summed E-state index contributed by atoms with van der Waals surface area (Å²) in [5.74, 6) is 3.39. The van der Waals surface area contributed by atoms with Gasteiger partial charge in [-0.15, -0.1) is 0 Å². The molecule has 2 aliphatic heterocycles. The monoisotopic (exact) mass is 359 g/mol. The summed E-state index contributed by atoms with van der Waals surface area (Å²) in [7, 11) is 0. The van der Waals surface area contributed by atoms with Crippen molar-refractivity contribution in [1.29, 1.82) is 0 Å². The largest absolute Gasteiger partial charge is 0.391 e. The van der Waals surface area contributed by atoms with Crippen LogP contribution in [0.25, 0.3) is 0 Å². The molecule has 146 valence electrons. The Morgan fingerprint density at radius 3 is 2.54 bits per heavy atom. The Labute approximate surface area is 158 Å². The molecule has 3 heteroatoms. The zero-order valence-electron chi connectivity index (χ0n) is 16.7. The lowest BCUT2D eigenvalue weighted by atomic mass is 9.45. The third kappa shape index (κ3) is 2.12. The summed E-state index contributed by atoms with van der Waals surface area (Å²) in [6.45, 7) is 7.51. The summed E-state index contributed by atoms with van der Waals surface area (Å²) in [5, 5.41) is 11.4. The molecule has 0 aromatic rings. The summed E-state index contributed by atoms with van der Waals surface area (Å²) in [6, 6.07) is 0.444. The van der Waals surface area contributed by atoms with Crippen molar-refractivity contribution < 1.29 is 9.84 Å². The smallest absolute Gasteiger partial charge is 0.0847 e. The quantitative estimate of drug-likeness (QED) is 0.723. The number of likely N-dealkylation sites (tertiary alicyclic amines) is 1. The number of hydrogen-bond acceptors (Lipinski definition) is 3. The number of nitrogens with zero attached hydrogens (tertiary/aromatic N) is 1. The van der Waals surface area contributed by atoms with E-state index < -0.39 is 0 Å². The summed E-state index contributed by atoms with van der Waals surface area (Å²) in [4.78, 5) is 2.64. The van der Waals surface area contributed by atoms with Crippen LogP contribution in [-0.4, -0.2) is 47.4 Å². The van der Waals surface area contributed by atoms with E-state index in [9.17, 15) is 5.11 Å². The van der Waals surface area contributed by atoms with Crippen molar-refractivity contribution in [3.05, 3.63) is 0 Å². The third-order valence-corrected chi connectivity index (χ3v) is 10.5. The highest BCUT2D eigenvalue weighted by Gasteiger charge is 2.65. The van der Waals surface area contributed by atoms with E-state index in [0.29, 0.717) is 23.7 Å². The van der Waals surface area contributed by atoms with E-state index in [2.05, 4.69) is 18.7 Å². The minimum atomic E-state index is -0.0976. The van der Waals surface area contributed by atoms with Crippen molar-refractivity contribution in [3.63, 3.8) is 0 Å². The number of aliphatic hydroxyl groups is 1. The minimum absolute atomic E-state index is 0.0976. The number of fused-ring (bicyclic) bond motifs is 6. The fourth-order valence-corrected chi connectivity index (χ4v) is 8.93. The molecule has 4 unspecified atom stereocenters. The maximum Gasteiger partial charge on any atom is 0.0847 e. The molecule has 0 bridgehead atoms. The van der Waals surface area contributed by atoms with Crippen molar-refractivity contribution in [3.8, 4) is 0 Å². The van der Waals surface area contributed by atoms with Crippen molar-refractivity contribution in [1.82, 2.24) is 4.90 Å². The van der Waals surface area contributed by atoms with Gasteiger partial charge in [-0.3, -0.25) is 4.90 Å². The summed E-state index contributed by atoms with van der Waals surface area (Å²) < 4.78 is 5.98. The number of hydrogen-bond donors (Lipinski definition) is 1. The number of epoxide rings is 1. The Balaban J connectivity index is 1.29.